The van der Waals surface area contributed by atoms with Gasteiger partial charge in [-0.2, -0.15) is 5.26 Å². The summed E-state index contributed by atoms with van der Waals surface area (Å²) in [5.74, 6) is 6.67. The average molecular weight is 925 g/mol. The monoisotopic (exact) mass is 925 g/mol. The molecule has 4 bridgehead atoms. The number of aromatic nitrogens is 3. The molecule has 4 aliphatic carbocycles. The summed E-state index contributed by atoms with van der Waals surface area (Å²) in [6.45, 7) is 9.88. The van der Waals surface area contributed by atoms with Crippen molar-refractivity contribution >= 4 is 43.1 Å². The largest absolute Gasteiger partial charge is 0.208 e. The van der Waals surface area contributed by atoms with Crippen LogP contribution in [-0.4, -0.2) is 15.0 Å². The maximum Gasteiger partial charge on any atom is 0.164 e. The van der Waals surface area contributed by atoms with Crippen molar-refractivity contribution in [3.8, 4) is 51.4 Å². The molecule has 0 saturated heterocycles. The molecule has 8 atom stereocenters. The molecule has 4 fully saturated rings. The van der Waals surface area contributed by atoms with Gasteiger partial charge >= 0.3 is 0 Å². The van der Waals surface area contributed by atoms with E-state index in [1.165, 1.54) is 103 Å². The SMILES string of the molecule is CC[C@@H]1C[C@@H]2C[C@H](C)CC(c3ccc(-c4nc(-c5ccc(-c6ccc7c(c6)cc(C#N)c6ccccc67)cc5)nc(-c5ccc(C67CC(C[C@@H](C)C6)C[C@H](C)C7)c6ccccc56)n4)c4ccccc34)(C1)C2. The van der Waals surface area contributed by atoms with Gasteiger partial charge in [-0.1, -0.05) is 168 Å². The van der Waals surface area contributed by atoms with Crippen LogP contribution in [-0.2, 0) is 10.8 Å². The molecule has 3 unspecified atom stereocenters. The van der Waals surface area contributed by atoms with Gasteiger partial charge in [0.1, 0.15) is 0 Å². The van der Waals surface area contributed by atoms with Gasteiger partial charge in [-0.25, -0.2) is 15.0 Å². The highest BCUT2D eigenvalue weighted by molar-refractivity contribution is 6.11. The Bertz CT molecular complexity index is 3580. The van der Waals surface area contributed by atoms with Crippen LogP contribution in [0.25, 0.3) is 88.4 Å². The minimum Gasteiger partial charge on any atom is -0.208 e. The minimum absolute atomic E-state index is 0.192. The van der Waals surface area contributed by atoms with E-state index in [-0.39, 0.29) is 10.8 Å². The summed E-state index contributed by atoms with van der Waals surface area (Å²) in [6, 6.07) is 55.9. The second kappa shape index (κ2) is 17.3. The summed E-state index contributed by atoms with van der Waals surface area (Å²) >= 11 is 0. The third kappa shape index (κ3) is 7.57. The Labute approximate surface area is 419 Å². The van der Waals surface area contributed by atoms with Crippen molar-refractivity contribution in [1.82, 2.24) is 15.0 Å². The lowest BCUT2D eigenvalue weighted by Gasteiger charge is -2.51. The normalized spacial score (nSPS) is 26.2. The molecule has 4 nitrogen and oxygen atoms in total. The molecule has 0 aliphatic heterocycles. The van der Waals surface area contributed by atoms with E-state index in [9.17, 15) is 5.26 Å². The summed E-state index contributed by atoms with van der Waals surface area (Å²) in [4.78, 5) is 16.5. The van der Waals surface area contributed by atoms with Crippen molar-refractivity contribution in [2.24, 2.45) is 35.5 Å². The second-order valence-corrected chi connectivity index (χ2v) is 23.4. The van der Waals surface area contributed by atoms with E-state index < -0.39 is 0 Å². The predicted octanol–water partition coefficient (Wildman–Crippen LogP) is 17.6. The molecule has 8 aromatic carbocycles. The van der Waals surface area contributed by atoms with Crippen LogP contribution in [0.15, 0.2) is 146 Å². The number of benzene rings is 8. The first-order valence-corrected chi connectivity index (χ1v) is 26.9. The van der Waals surface area contributed by atoms with Gasteiger partial charge in [0.15, 0.2) is 17.5 Å². The molecule has 0 spiro atoms. The molecule has 1 aromatic heterocycles. The Morgan fingerprint density at radius 2 is 0.930 bits per heavy atom. The van der Waals surface area contributed by atoms with Gasteiger partial charge in [0.25, 0.3) is 0 Å². The quantitative estimate of drug-likeness (QED) is 0.149. The molecule has 352 valence electrons. The van der Waals surface area contributed by atoms with E-state index >= 15 is 0 Å². The zero-order valence-corrected chi connectivity index (χ0v) is 41.9. The third-order valence-electron chi connectivity index (χ3n) is 18.3. The van der Waals surface area contributed by atoms with Gasteiger partial charge in [0, 0.05) is 22.1 Å². The summed E-state index contributed by atoms with van der Waals surface area (Å²) in [5.41, 5.74) is 9.40. The fraction of sp³-hybridized carbons (Fsp3) is 0.343. The van der Waals surface area contributed by atoms with Crippen LogP contribution in [0.1, 0.15) is 115 Å². The summed E-state index contributed by atoms with van der Waals surface area (Å²) in [6.07, 6.45) is 14.4. The first-order chi connectivity index (χ1) is 34.7. The predicted molar refractivity (Wildman–Crippen MR) is 294 cm³/mol. The number of hydrogen-bond acceptors (Lipinski definition) is 4. The Hall–Kier alpha value is -6.70. The van der Waals surface area contributed by atoms with Gasteiger partial charge in [-0.3, -0.25) is 0 Å². The van der Waals surface area contributed by atoms with Gasteiger partial charge in [-0.15, -0.1) is 0 Å². The van der Waals surface area contributed by atoms with Gasteiger partial charge in [0.05, 0.1) is 11.6 Å². The van der Waals surface area contributed by atoms with Crippen molar-refractivity contribution in [2.75, 3.05) is 0 Å². The fourth-order valence-electron chi connectivity index (χ4n) is 16.0. The Morgan fingerprint density at radius 1 is 0.451 bits per heavy atom. The van der Waals surface area contributed by atoms with Crippen LogP contribution < -0.4 is 0 Å². The zero-order valence-electron chi connectivity index (χ0n) is 41.9. The number of hydrogen-bond donors (Lipinski definition) is 0. The number of nitriles is 1. The average Bonchev–Trinajstić information content (AvgIpc) is 3.39. The highest BCUT2D eigenvalue weighted by Gasteiger charge is 2.47. The van der Waals surface area contributed by atoms with Crippen LogP contribution in [0.3, 0.4) is 0 Å². The standard InChI is InChI=1S/C67H64N4/c1-5-44-31-46-30-43(4)36-67(37-44,39-46)62-27-25-60(56-15-9-11-17-58(56)62)65-70-63(48-20-18-47(19-21-48)49-22-23-53-50(32-49)33-51(40-68)52-12-6-7-13-54(52)53)69-64(71-65)59-24-26-61(57-16-10-8-14-55(57)59)66-34-41(2)28-45(38-66)29-42(3)35-66/h6-27,32-33,41-46H,5,28-31,34-39H2,1-4H3/t41-,42+,43-,44+,45?,46-,66?,67?/m0/s1. The molecule has 0 N–H and O–H groups in total. The van der Waals surface area contributed by atoms with Gasteiger partial charge < -0.3 is 0 Å². The first kappa shape index (κ1) is 44.3. The van der Waals surface area contributed by atoms with Crippen molar-refractivity contribution < 1.29 is 0 Å². The molecule has 0 amide bonds. The highest BCUT2D eigenvalue weighted by Crippen LogP contribution is 2.58. The van der Waals surface area contributed by atoms with E-state index in [0.29, 0.717) is 23.0 Å². The Balaban J connectivity index is 0.961. The first-order valence-electron chi connectivity index (χ1n) is 26.9. The van der Waals surface area contributed by atoms with Crippen molar-refractivity contribution in [3.05, 3.63) is 162 Å². The molecule has 4 saturated carbocycles. The zero-order chi connectivity index (χ0) is 48.0. The second-order valence-electron chi connectivity index (χ2n) is 23.4. The number of fused-ring (bicyclic) bond motifs is 9. The molecular formula is C67H64N4. The summed E-state index contributed by atoms with van der Waals surface area (Å²) in [5, 5.41) is 19.5. The van der Waals surface area contributed by atoms with E-state index in [0.717, 1.165) is 84.9 Å². The summed E-state index contributed by atoms with van der Waals surface area (Å²) < 4.78 is 0. The van der Waals surface area contributed by atoms with E-state index in [2.05, 4.69) is 155 Å². The highest BCUT2D eigenvalue weighted by atomic mass is 15.0. The van der Waals surface area contributed by atoms with Crippen LogP contribution >= 0.6 is 0 Å². The molecule has 0 radical (unpaired) electrons. The van der Waals surface area contributed by atoms with E-state index in [1.807, 2.05) is 24.3 Å². The molecule has 71 heavy (non-hydrogen) atoms. The molecule has 1 heterocycles. The van der Waals surface area contributed by atoms with Gasteiger partial charge in [0.2, 0.25) is 0 Å². The fourth-order valence-corrected chi connectivity index (χ4v) is 16.0. The molecule has 13 rings (SSSR count). The van der Waals surface area contributed by atoms with E-state index in [1.54, 1.807) is 0 Å². The Kier molecular flexibility index (Phi) is 10.8. The molecule has 9 aromatic rings. The number of nitrogens with zero attached hydrogens (tertiary/aromatic N) is 4. The molecule has 4 aliphatic rings. The molecule has 4 heteroatoms. The maximum atomic E-state index is 10.1. The lowest BCUT2D eigenvalue weighted by Crippen LogP contribution is -2.42. The maximum absolute atomic E-state index is 10.1. The van der Waals surface area contributed by atoms with Crippen molar-refractivity contribution in [3.63, 3.8) is 0 Å². The topological polar surface area (TPSA) is 62.5 Å². The summed E-state index contributed by atoms with van der Waals surface area (Å²) in [7, 11) is 0. The van der Waals surface area contributed by atoms with Gasteiger partial charge in [-0.05, 0) is 183 Å². The minimum atomic E-state index is 0.192. The van der Waals surface area contributed by atoms with E-state index in [4.69, 9.17) is 15.0 Å². The van der Waals surface area contributed by atoms with Crippen LogP contribution in [0.2, 0.25) is 0 Å². The van der Waals surface area contributed by atoms with Crippen molar-refractivity contribution in [2.45, 2.75) is 109 Å². The number of rotatable bonds is 7. The smallest absolute Gasteiger partial charge is 0.164 e. The van der Waals surface area contributed by atoms with Crippen LogP contribution in [0.4, 0.5) is 0 Å². The van der Waals surface area contributed by atoms with Crippen molar-refractivity contribution in [1.29, 1.82) is 5.26 Å². The lowest BCUT2D eigenvalue weighted by atomic mass is 9.53. The van der Waals surface area contributed by atoms with Crippen LogP contribution in [0.5, 0.6) is 0 Å². The molecular weight excluding hydrogens is 861 g/mol. The Morgan fingerprint density at radius 3 is 1.49 bits per heavy atom. The van der Waals surface area contributed by atoms with Crippen LogP contribution in [0, 0.1) is 46.8 Å². The third-order valence-corrected chi connectivity index (χ3v) is 18.3. The lowest BCUT2D eigenvalue weighted by molar-refractivity contribution is 0.0712.